The van der Waals surface area contributed by atoms with Crippen LogP contribution in [0.1, 0.15) is 52.9 Å². The van der Waals surface area contributed by atoms with E-state index in [2.05, 4.69) is 19.2 Å². The van der Waals surface area contributed by atoms with Gasteiger partial charge >= 0.3 is 0 Å². The smallest absolute Gasteiger partial charge is 0.0524 e. The highest BCUT2D eigenvalue weighted by molar-refractivity contribution is 4.83. The van der Waals surface area contributed by atoms with Crippen LogP contribution in [0.2, 0.25) is 0 Å². The summed E-state index contributed by atoms with van der Waals surface area (Å²) in [6.45, 7) is 7.52. The van der Waals surface area contributed by atoms with Crippen LogP contribution in [0.15, 0.2) is 0 Å². The van der Waals surface area contributed by atoms with Gasteiger partial charge in [-0.15, -0.1) is 0 Å². The van der Waals surface area contributed by atoms with Gasteiger partial charge in [0.15, 0.2) is 0 Å². The second kappa shape index (κ2) is 5.13. The minimum absolute atomic E-state index is 0.167. The molecule has 2 atom stereocenters. The van der Waals surface area contributed by atoms with Crippen molar-refractivity contribution in [1.29, 1.82) is 0 Å². The van der Waals surface area contributed by atoms with Crippen LogP contribution in [-0.4, -0.2) is 23.8 Å². The fourth-order valence-electron chi connectivity index (χ4n) is 2.37. The number of rotatable bonds is 4. The molecule has 1 rings (SSSR count). The van der Waals surface area contributed by atoms with E-state index in [0.29, 0.717) is 11.5 Å². The van der Waals surface area contributed by atoms with Gasteiger partial charge in [-0.1, -0.05) is 20.3 Å². The van der Waals surface area contributed by atoms with Crippen molar-refractivity contribution in [2.24, 2.45) is 5.41 Å². The molecule has 0 aromatic carbocycles. The quantitative estimate of drug-likeness (QED) is 0.728. The summed E-state index contributed by atoms with van der Waals surface area (Å²) in [5.74, 6) is 0. The van der Waals surface area contributed by atoms with Crippen LogP contribution in [0.5, 0.6) is 0 Å². The zero-order valence-electron chi connectivity index (χ0n) is 9.84. The van der Waals surface area contributed by atoms with Gasteiger partial charge in [-0.2, -0.15) is 0 Å². The van der Waals surface area contributed by atoms with Crippen molar-refractivity contribution < 1.29 is 5.11 Å². The van der Waals surface area contributed by atoms with Crippen molar-refractivity contribution in [3.8, 4) is 0 Å². The number of hydrogen-bond donors (Lipinski definition) is 2. The second-order valence-electron chi connectivity index (χ2n) is 5.55. The molecule has 0 heterocycles. The number of hydrogen-bond acceptors (Lipinski definition) is 2. The summed E-state index contributed by atoms with van der Waals surface area (Å²) in [5, 5.41) is 12.7. The maximum Gasteiger partial charge on any atom is 0.0524 e. The molecule has 0 aromatic rings. The molecular weight excluding hydrogens is 174 g/mol. The molecular formula is C12H25NO. The molecule has 0 bridgehead atoms. The Balaban J connectivity index is 2.18. The summed E-state index contributed by atoms with van der Waals surface area (Å²) in [5.41, 5.74) is 0.515. The van der Waals surface area contributed by atoms with Gasteiger partial charge < -0.3 is 10.4 Å². The van der Waals surface area contributed by atoms with Crippen LogP contribution >= 0.6 is 0 Å². The number of nitrogens with one attached hydrogen (secondary N) is 1. The van der Waals surface area contributed by atoms with E-state index in [4.69, 9.17) is 5.11 Å². The van der Waals surface area contributed by atoms with Gasteiger partial charge in [0.05, 0.1) is 6.10 Å². The highest BCUT2D eigenvalue weighted by atomic mass is 16.3. The minimum Gasteiger partial charge on any atom is -0.393 e. The Bertz CT molecular complexity index is 166. The van der Waals surface area contributed by atoms with Crippen LogP contribution in [-0.2, 0) is 0 Å². The Morgan fingerprint density at radius 3 is 2.79 bits per heavy atom. The fraction of sp³-hybridized carbons (Fsp3) is 1.00. The normalized spacial score (nSPS) is 28.7. The Hall–Kier alpha value is -0.0800. The van der Waals surface area contributed by atoms with Gasteiger partial charge in [0.2, 0.25) is 0 Å². The molecule has 1 saturated carbocycles. The van der Waals surface area contributed by atoms with E-state index in [9.17, 15) is 0 Å². The van der Waals surface area contributed by atoms with Crippen molar-refractivity contribution in [2.45, 2.75) is 65.0 Å². The summed E-state index contributed by atoms with van der Waals surface area (Å²) in [6, 6.07) is 0.678. The van der Waals surface area contributed by atoms with Crippen LogP contribution < -0.4 is 5.32 Å². The summed E-state index contributed by atoms with van der Waals surface area (Å²) in [4.78, 5) is 0. The minimum atomic E-state index is -0.167. The van der Waals surface area contributed by atoms with Crippen LogP contribution in [0.3, 0.4) is 0 Å². The van der Waals surface area contributed by atoms with Crippen molar-refractivity contribution in [2.75, 3.05) is 6.54 Å². The first-order valence-corrected chi connectivity index (χ1v) is 5.91. The van der Waals surface area contributed by atoms with Gasteiger partial charge in [0, 0.05) is 6.04 Å². The third-order valence-corrected chi connectivity index (χ3v) is 3.20. The maximum atomic E-state index is 9.14. The van der Waals surface area contributed by atoms with Crippen LogP contribution in [0.25, 0.3) is 0 Å². The third-order valence-electron chi connectivity index (χ3n) is 3.20. The molecule has 1 aliphatic rings. The first kappa shape index (κ1) is 12.0. The zero-order valence-corrected chi connectivity index (χ0v) is 9.84. The number of aliphatic hydroxyl groups is 1. The largest absolute Gasteiger partial charge is 0.393 e. The molecule has 84 valence electrons. The first-order chi connectivity index (χ1) is 6.49. The molecule has 0 aromatic heterocycles. The molecule has 2 nitrogen and oxygen atoms in total. The summed E-state index contributed by atoms with van der Waals surface area (Å²) in [7, 11) is 0. The molecule has 0 amide bonds. The van der Waals surface area contributed by atoms with E-state index < -0.39 is 0 Å². The predicted molar refractivity (Wildman–Crippen MR) is 60.3 cm³/mol. The number of aliphatic hydroxyl groups excluding tert-OH is 1. The average molecular weight is 199 g/mol. The lowest BCUT2D eigenvalue weighted by molar-refractivity contribution is 0.169. The second-order valence-corrected chi connectivity index (χ2v) is 5.55. The Labute approximate surface area is 88.1 Å². The summed E-state index contributed by atoms with van der Waals surface area (Å²) >= 11 is 0. The van der Waals surface area contributed by atoms with Crippen LogP contribution in [0, 0.1) is 5.41 Å². The zero-order chi connectivity index (χ0) is 10.6. The highest BCUT2D eigenvalue weighted by Crippen LogP contribution is 2.34. The first-order valence-electron chi connectivity index (χ1n) is 5.91. The van der Waals surface area contributed by atoms with Crippen LogP contribution in [0.4, 0.5) is 0 Å². The Morgan fingerprint density at radius 2 is 2.21 bits per heavy atom. The van der Waals surface area contributed by atoms with Gasteiger partial charge in [-0.05, 0) is 44.6 Å². The van der Waals surface area contributed by atoms with E-state index >= 15 is 0 Å². The molecule has 2 heteroatoms. The van der Waals surface area contributed by atoms with E-state index in [-0.39, 0.29) is 6.10 Å². The van der Waals surface area contributed by atoms with Gasteiger partial charge in [0.1, 0.15) is 0 Å². The SMILES string of the molecule is CC(O)CCNC1CCCC(C)(C)C1. The lowest BCUT2D eigenvalue weighted by atomic mass is 9.75. The molecule has 2 unspecified atom stereocenters. The van der Waals surface area contributed by atoms with E-state index in [1.54, 1.807) is 0 Å². The molecule has 1 aliphatic carbocycles. The van der Waals surface area contributed by atoms with E-state index in [1.165, 1.54) is 25.7 Å². The monoisotopic (exact) mass is 199 g/mol. The van der Waals surface area contributed by atoms with Gasteiger partial charge in [0.25, 0.3) is 0 Å². The summed E-state index contributed by atoms with van der Waals surface area (Å²) in [6.07, 6.45) is 6.01. The third kappa shape index (κ3) is 4.43. The summed E-state index contributed by atoms with van der Waals surface area (Å²) < 4.78 is 0. The van der Waals surface area contributed by atoms with E-state index in [1.807, 2.05) is 6.92 Å². The topological polar surface area (TPSA) is 32.3 Å². The Morgan fingerprint density at radius 1 is 1.50 bits per heavy atom. The van der Waals surface area contributed by atoms with Crippen molar-refractivity contribution in [3.05, 3.63) is 0 Å². The molecule has 0 saturated heterocycles. The molecule has 14 heavy (non-hydrogen) atoms. The maximum absolute atomic E-state index is 9.14. The Kier molecular flexibility index (Phi) is 4.39. The van der Waals surface area contributed by atoms with Crippen molar-refractivity contribution in [3.63, 3.8) is 0 Å². The van der Waals surface area contributed by atoms with Gasteiger partial charge in [-0.3, -0.25) is 0 Å². The molecule has 2 N–H and O–H groups in total. The van der Waals surface area contributed by atoms with Crippen molar-refractivity contribution >= 4 is 0 Å². The lowest BCUT2D eigenvalue weighted by Crippen LogP contribution is -2.38. The highest BCUT2D eigenvalue weighted by Gasteiger charge is 2.27. The average Bonchev–Trinajstić information content (AvgIpc) is 2.01. The molecule has 0 radical (unpaired) electrons. The van der Waals surface area contributed by atoms with Crippen molar-refractivity contribution in [1.82, 2.24) is 5.32 Å². The van der Waals surface area contributed by atoms with E-state index in [0.717, 1.165) is 13.0 Å². The molecule has 0 spiro atoms. The standard InChI is InChI=1S/C12H25NO/c1-10(14)6-8-13-11-5-4-7-12(2,3)9-11/h10-11,13-14H,4-9H2,1-3H3. The lowest BCUT2D eigenvalue weighted by Gasteiger charge is -2.35. The molecule has 0 aliphatic heterocycles. The fourth-order valence-corrected chi connectivity index (χ4v) is 2.37. The predicted octanol–water partition coefficient (Wildman–Crippen LogP) is 2.32. The van der Waals surface area contributed by atoms with Gasteiger partial charge in [-0.25, -0.2) is 0 Å². The molecule has 1 fully saturated rings.